The Bertz CT molecular complexity index is 1480. The summed E-state index contributed by atoms with van der Waals surface area (Å²) in [6.07, 6.45) is 1.91. The van der Waals surface area contributed by atoms with Crippen LogP contribution in [0.3, 0.4) is 0 Å². The Balaban J connectivity index is 1.31. The molecule has 0 saturated carbocycles. The van der Waals surface area contributed by atoms with Gasteiger partial charge in [-0.1, -0.05) is 28.3 Å². The number of amides is 2. The zero-order chi connectivity index (χ0) is 26.3. The normalized spacial score (nSPS) is 19.6. The Morgan fingerprint density at radius 3 is 2.92 bits per heavy atom. The van der Waals surface area contributed by atoms with Crippen LogP contribution in [-0.2, 0) is 26.3 Å². The smallest absolute Gasteiger partial charge is 0.342 e. The van der Waals surface area contributed by atoms with Crippen molar-refractivity contribution in [3.63, 3.8) is 0 Å². The van der Waals surface area contributed by atoms with Crippen LogP contribution in [0.5, 0.6) is 0 Å². The second kappa shape index (κ2) is 10.3. The standard InChI is InChI=1S/C21H19N7O5S4/c1-27-5-3-4-11-15(27)25-21(37-11)36-7-9-6-34-18-13(17(30)28(18)14(9)19(31)32)24-16(29)12(26-33-2)10-8-35-20(22)23-10/h3-5,8,13,18H,6-7H2,1-2H3,(H3-,22,23,24,29,31,32)/b26-12-/t13?,18-/m0/s1. The van der Waals surface area contributed by atoms with Crippen molar-refractivity contribution in [1.29, 1.82) is 0 Å². The molecule has 0 bridgehead atoms. The minimum Gasteiger partial charge on any atom is -0.543 e. The van der Waals surface area contributed by atoms with Gasteiger partial charge in [-0.3, -0.25) is 14.5 Å². The molecule has 3 aromatic rings. The molecule has 0 aromatic carbocycles. The van der Waals surface area contributed by atoms with Crippen molar-refractivity contribution in [2.24, 2.45) is 12.2 Å². The van der Waals surface area contributed by atoms with Gasteiger partial charge in [-0.15, -0.1) is 23.1 Å². The van der Waals surface area contributed by atoms with Gasteiger partial charge in [0.1, 0.15) is 28.9 Å². The van der Waals surface area contributed by atoms with E-state index in [0.717, 1.165) is 26.0 Å². The van der Waals surface area contributed by atoms with Crippen molar-refractivity contribution < 1.29 is 28.9 Å². The molecular formula is C21H19N7O5S4. The molecule has 2 amide bonds. The number of anilines is 1. The van der Waals surface area contributed by atoms with E-state index < -0.39 is 29.2 Å². The number of nitrogens with two attached hydrogens (primary N) is 1. The molecule has 5 rings (SSSR count). The Morgan fingerprint density at radius 1 is 1.43 bits per heavy atom. The molecule has 37 heavy (non-hydrogen) atoms. The number of oxime groups is 1. The van der Waals surface area contributed by atoms with E-state index in [9.17, 15) is 19.5 Å². The van der Waals surface area contributed by atoms with Crippen molar-refractivity contribution in [2.45, 2.75) is 15.8 Å². The lowest BCUT2D eigenvalue weighted by Crippen LogP contribution is -2.71. The third-order valence-electron chi connectivity index (χ3n) is 5.57. The highest BCUT2D eigenvalue weighted by molar-refractivity contribution is 8.02. The van der Waals surface area contributed by atoms with Crippen LogP contribution in [0.25, 0.3) is 10.3 Å². The average Bonchev–Trinajstić information content (AvgIpc) is 3.50. The second-order valence-corrected chi connectivity index (χ2v) is 12.1. The van der Waals surface area contributed by atoms with Crippen LogP contribution in [-0.4, -0.2) is 68.4 Å². The van der Waals surface area contributed by atoms with Crippen LogP contribution in [0.1, 0.15) is 5.69 Å². The predicted molar refractivity (Wildman–Crippen MR) is 139 cm³/mol. The number of β-lactam (4-membered cyclic amide) rings is 1. The van der Waals surface area contributed by atoms with Gasteiger partial charge in [-0.05, 0) is 22.7 Å². The number of hydrogen-bond acceptors (Lipinski definition) is 13. The van der Waals surface area contributed by atoms with E-state index in [-0.39, 0.29) is 22.2 Å². The Morgan fingerprint density at radius 2 is 2.24 bits per heavy atom. The molecule has 2 aliphatic rings. The minimum atomic E-state index is -1.44. The first kappa shape index (κ1) is 25.4. The number of pyridine rings is 1. The molecule has 0 aliphatic carbocycles. The highest BCUT2D eigenvalue weighted by atomic mass is 32.2. The van der Waals surface area contributed by atoms with Crippen LogP contribution in [0.4, 0.5) is 5.13 Å². The van der Waals surface area contributed by atoms with Gasteiger partial charge in [-0.25, -0.2) is 9.55 Å². The predicted octanol–water partition coefficient (Wildman–Crippen LogP) is -0.294. The summed E-state index contributed by atoms with van der Waals surface area (Å²) in [5, 5.41) is 19.6. The number of hydrogen-bond donors (Lipinski definition) is 2. The third kappa shape index (κ3) is 4.76. The highest BCUT2D eigenvalue weighted by Crippen LogP contribution is 2.42. The van der Waals surface area contributed by atoms with E-state index >= 15 is 0 Å². The van der Waals surface area contributed by atoms with Gasteiger partial charge in [0.05, 0.1) is 24.9 Å². The van der Waals surface area contributed by atoms with Crippen LogP contribution < -0.4 is 20.7 Å². The number of carboxylic acid groups (broad SMARTS) is 1. The first-order valence-corrected chi connectivity index (χ1v) is 14.4. The quantitative estimate of drug-likeness (QED) is 0.119. The van der Waals surface area contributed by atoms with Crippen LogP contribution in [0.15, 0.2) is 44.5 Å². The number of nitrogen functional groups attached to an aromatic ring is 1. The van der Waals surface area contributed by atoms with Gasteiger partial charge in [-0.2, -0.15) is 0 Å². The fraction of sp³-hybridized carbons (Fsp3) is 0.286. The second-order valence-electron chi connectivity index (χ2n) is 7.87. The van der Waals surface area contributed by atoms with E-state index in [0.29, 0.717) is 17.1 Å². The molecular weight excluding hydrogens is 559 g/mol. The number of thiazole rings is 2. The number of aliphatic carboxylic acids is 1. The largest absolute Gasteiger partial charge is 0.543 e. The number of carboxylic acids is 1. The molecule has 1 fully saturated rings. The minimum absolute atomic E-state index is 0.139. The number of carbonyl (C=O) groups excluding carboxylic acids is 3. The maximum atomic E-state index is 13.0. The molecule has 1 unspecified atom stereocenters. The topological polar surface area (TPSA) is 167 Å². The Labute approximate surface area is 226 Å². The fourth-order valence-electron chi connectivity index (χ4n) is 3.89. The molecule has 1 saturated heterocycles. The number of thioether (sulfide) groups is 2. The number of fused-ring (bicyclic) bond motifs is 2. The number of nitrogens with zero attached hydrogens (tertiary/aromatic N) is 5. The summed E-state index contributed by atoms with van der Waals surface area (Å²) >= 11 is 5.42. The summed E-state index contributed by atoms with van der Waals surface area (Å²) < 4.78 is 3.73. The molecule has 0 spiro atoms. The summed E-state index contributed by atoms with van der Waals surface area (Å²) in [5.74, 6) is -1.97. The molecule has 192 valence electrons. The van der Waals surface area contributed by atoms with Gasteiger partial charge < -0.3 is 25.8 Å². The van der Waals surface area contributed by atoms with Gasteiger partial charge in [0, 0.05) is 16.9 Å². The molecule has 0 radical (unpaired) electrons. The van der Waals surface area contributed by atoms with Crippen molar-refractivity contribution in [1.82, 2.24) is 20.2 Å². The SMILES string of the molecule is CO/N=C(\C(=O)NC1C(=O)N2C(C(=O)[O-])=C(CSc3nc4c(ccc[n+]4C)s3)CS[C@@H]12)c1csc(N)n1. The van der Waals surface area contributed by atoms with Crippen molar-refractivity contribution in [3.05, 3.63) is 40.7 Å². The first-order chi connectivity index (χ1) is 17.8. The zero-order valence-electron chi connectivity index (χ0n) is 19.4. The maximum Gasteiger partial charge on any atom is 0.342 e. The Kier molecular flexibility index (Phi) is 7.06. The number of rotatable bonds is 8. The van der Waals surface area contributed by atoms with E-state index in [1.807, 2.05) is 29.9 Å². The molecule has 12 nitrogen and oxygen atoms in total. The first-order valence-electron chi connectivity index (χ1n) is 10.7. The summed E-state index contributed by atoms with van der Waals surface area (Å²) in [7, 11) is 3.19. The third-order valence-corrected chi connectivity index (χ3v) is 9.82. The van der Waals surface area contributed by atoms with Crippen molar-refractivity contribution in [3.8, 4) is 0 Å². The monoisotopic (exact) mass is 577 g/mol. The van der Waals surface area contributed by atoms with Crippen LogP contribution in [0.2, 0.25) is 0 Å². The number of nitrogens with one attached hydrogen (secondary N) is 1. The van der Waals surface area contributed by atoms with Crippen molar-refractivity contribution in [2.75, 3.05) is 24.3 Å². The molecule has 3 N–H and O–H groups in total. The van der Waals surface area contributed by atoms with Crippen molar-refractivity contribution >= 4 is 85.2 Å². The number of aromatic nitrogens is 3. The fourth-order valence-corrected chi connectivity index (χ4v) is 8.03. The number of aryl methyl sites for hydroxylation is 1. The van der Waals surface area contributed by atoms with E-state index in [4.69, 9.17) is 10.6 Å². The molecule has 2 atom stereocenters. The van der Waals surface area contributed by atoms with Gasteiger partial charge >= 0.3 is 5.65 Å². The molecule has 16 heteroatoms. The summed E-state index contributed by atoms with van der Waals surface area (Å²) in [5.41, 5.74) is 6.97. The number of carbonyl (C=O) groups is 3. The van der Waals surface area contributed by atoms with Gasteiger partial charge in [0.25, 0.3) is 16.2 Å². The summed E-state index contributed by atoms with van der Waals surface area (Å²) in [6.45, 7) is 0. The molecule has 2 aliphatic heterocycles. The zero-order valence-corrected chi connectivity index (χ0v) is 22.6. The summed E-state index contributed by atoms with van der Waals surface area (Å²) in [4.78, 5) is 52.5. The lowest BCUT2D eigenvalue weighted by atomic mass is 10.0. The van der Waals surface area contributed by atoms with E-state index in [2.05, 4.69) is 20.4 Å². The average molecular weight is 578 g/mol. The molecule has 3 aromatic heterocycles. The Hall–Kier alpha value is -3.21. The summed E-state index contributed by atoms with van der Waals surface area (Å²) in [6, 6.07) is 2.97. The van der Waals surface area contributed by atoms with Crippen LogP contribution in [0, 0.1) is 0 Å². The lowest BCUT2D eigenvalue weighted by Gasteiger charge is -2.50. The maximum absolute atomic E-state index is 13.0. The lowest BCUT2D eigenvalue weighted by molar-refractivity contribution is -0.646. The van der Waals surface area contributed by atoms with E-state index in [1.165, 1.54) is 46.9 Å². The van der Waals surface area contributed by atoms with Gasteiger partial charge in [0.15, 0.2) is 10.8 Å². The highest BCUT2D eigenvalue weighted by Gasteiger charge is 2.53. The van der Waals surface area contributed by atoms with Gasteiger partial charge in [0.2, 0.25) is 0 Å². The van der Waals surface area contributed by atoms with Crippen LogP contribution >= 0.6 is 46.2 Å². The van der Waals surface area contributed by atoms with E-state index in [1.54, 1.807) is 5.38 Å². The molecule has 5 heterocycles.